The molecule has 1 fully saturated rings. The van der Waals surface area contributed by atoms with Gasteiger partial charge in [0, 0.05) is 20.7 Å². The number of ether oxygens (including phenoxy) is 2. The Bertz CT molecular complexity index is 1880. The maximum absolute atomic E-state index is 15.9. The summed E-state index contributed by atoms with van der Waals surface area (Å²) in [6, 6.07) is 0.837. The van der Waals surface area contributed by atoms with E-state index in [1.807, 2.05) is 0 Å². The van der Waals surface area contributed by atoms with Gasteiger partial charge in [-0.2, -0.15) is 39.5 Å². The van der Waals surface area contributed by atoms with Crippen molar-refractivity contribution in [1.82, 2.24) is 4.90 Å². The van der Waals surface area contributed by atoms with Crippen LogP contribution in [0.4, 0.5) is 48.7 Å². The molecule has 14 heteroatoms. The molecule has 4 nitrogen and oxygen atoms in total. The van der Waals surface area contributed by atoms with Crippen LogP contribution >= 0.6 is 0 Å². The summed E-state index contributed by atoms with van der Waals surface area (Å²) in [4.78, 5) is 13.7. The molecular formula is C30H25F10NO3. The Morgan fingerprint density at radius 1 is 0.909 bits per heavy atom. The van der Waals surface area contributed by atoms with E-state index in [2.05, 4.69) is 0 Å². The zero-order chi connectivity index (χ0) is 41.4. The summed E-state index contributed by atoms with van der Waals surface area (Å²) in [5.41, 5.74) is -10.2. The van der Waals surface area contributed by atoms with Gasteiger partial charge < -0.3 is 9.47 Å². The molecule has 1 aliphatic rings. The average Bonchev–Trinajstić information content (AvgIpc) is 3.26. The minimum atomic E-state index is -5.32. The fourth-order valence-electron chi connectivity index (χ4n) is 4.79. The third kappa shape index (κ3) is 6.43. The van der Waals surface area contributed by atoms with Crippen molar-refractivity contribution >= 4 is 6.09 Å². The number of cyclic esters (lactones) is 1. The molecule has 1 amide bonds. The van der Waals surface area contributed by atoms with E-state index in [0.29, 0.717) is 35.2 Å². The van der Waals surface area contributed by atoms with Crippen LogP contribution in [0.3, 0.4) is 0 Å². The van der Waals surface area contributed by atoms with Crippen LogP contribution in [0.5, 0.6) is 5.75 Å². The number of halogens is 10. The molecule has 0 unspecified atom stereocenters. The summed E-state index contributed by atoms with van der Waals surface area (Å²) in [6.07, 6.45) is -19.2. The summed E-state index contributed by atoms with van der Waals surface area (Å²) in [7, 11) is -3.47. The van der Waals surface area contributed by atoms with Gasteiger partial charge in [0.25, 0.3) is 0 Å². The Hall–Kier alpha value is -3.97. The fraction of sp³-hybridized carbons (Fsp3) is 0.367. The van der Waals surface area contributed by atoms with Crippen molar-refractivity contribution in [3.63, 3.8) is 0 Å². The van der Waals surface area contributed by atoms with Crippen molar-refractivity contribution in [2.24, 2.45) is 0 Å². The second-order valence-electron chi connectivity index (χ2n) is 9.65. The molecule has 238 valence electrons. The van der Waals surface area contributed by atoms with Crippen LogP contribution in [0.25, 0.3) is 11.1 Å². The van der Waals surface area contributed by atoms with Gasteiger partial charge in [-0.3, -0.25) is 4.90 Å². The number of benzene rings is 3. The molecule has 0 radical (unpaired) electrons. The Morgan fingerprint density at radius 2 is 1.52 bits per heavy atom. The summed E-state index contributed by atoms with van der Waals surface area (Å²) in [5.74, 6) is -6.77. The molecule has 1 aliphatic heterocycles. The highest BCUT2D eigenvalue weighted by Gasteiger charge is 2.44. The normalized spacial score (nSPS) is 22.2. The van der Waals surface area contributed by atoms with E-state index in [0.717, 1.165) is 6.92 Å². The predicted octanol–water partition coefficient (Wildman–Crippen LogP) is 9.76. The Kier molecular flexibility index (Phi) is 5.67. The smallest absolute Gasteiger partial charge is 0.416 e. The lowest BCUT2D eigenvalue weighted by molar-refractivity contribution is -0.143. The molecule has 0 aromatic heterocycles. The van der Waals surface area contributed by atoms with Crippen LogP contribution in [-0.4, -0.2) is 24.1 Å². The number of hydrogen-bond donors (Lipinski definition) is 0. The number of alkyl halides is 9. The maximum atomic E-state index is 15.9. The van der Waals surface area contributed by atoms with Crippen LogP contribution in [0.15, 0.2) is 48.5 Å². The number of methoxy groups -OCH3 is 1. The van der Waals surface area contributed by atoms with Crippen LogP contribution < -0.4 is 4.74 Å². The molecule has 1 heterocycles. The van der Waals surface area contributed by atoms with Crippen molar-refractivity contribution < 1.29 is 71.9 Å². The van der Waals surface area contributed by atoms with Crippen LogP contribution in [0.2, 0.25) is 0 Å². The standard InChI is InChI=1S/C30H25F10NO3/c1-14(2)24-22(31)7-8-23(43-4)25(24)21-6-5-18(28(32,33)34)11-17(21)13-41-15(3)26(44-27(41)42)16-9-19(29(35,36)37)12-20(10-16)30(38,39)40/h5-12,14-15,26H,13H2,1-4H3/t15-,26-/m0/s1/i1D3,2D3,4D3,14D. The lowest BCUT2D eigenvalue weighted by Crippen LogP contribution is -2.32. The third-order valence-corrected chi connectivity index (χ3v) is 6.85. The largest absolute Gasteiger partial charge is 0.496 e. The molecular weight excluding hydrogens is 612 g/mol. The van der Waals surface area contributed by atoms with Gasteiger partial charge in [-0.1, -0.05) is 19.8 Å². The summed E-state index contributed by atoms with van der Waals surface area (Å²) in [6.45, 7) is -8.00. The topological polar surface area (TPSA) is 38.8 Å². The van der Waals surface area contributed by atoms with E-state index in [9.17, 15) is 44.3 Å². The van der Waals surface area contributed by atoms with Gasteiger partial charge in [0.1, 0.15) is 17.7 Å². The Labute approximate surface area is 259 Å². The van der Waals surface area contributed by atoms with Gasteiger partial charge in [-0.05, 0) is 72.0 Å². The van der Waals surface area contributed by atoms with E-state index in [4.69, 9.17) is 23.2 Å². The molecule has 3 aromatic rings. The van der Waals surface area contributed by atoms with Crippen LogP contribution in [0, 0.1) is 5.82 Å². The molecule has 44 heavy (non-hydrogen) atoms. The molecule has 2 atom stereocenters. The first-order valence-electron chi connectivity index (χ1n) is 17.2. The number of nitrogens with zero attached hydrogens (tertiary/aromatic N) is 1. The van der Waals surface area contributed by atoms with E-state index in [-0.39, 0.29) is 18.2 Å². The van der Waals surface area contributed by atoms with Gasteiger partial charge in [0.05, 0.1) is 40.4 Å². The van der Waals surface area contributed by atoms with E-state index >= 15 is 4.39 Å². The Morgan fingerprint density at radius 3 is 2.07 bits per heavy atom. The summed E-state index contributed by atoms with van der Waals surface area (Å²) in [5, 5.41) is 0. The SMILES string of the molecule is [2H]C([2H])([2H])Oc1ccc(F)c(C([2H])(C([2H])([2H])[2H])C([2H])([2H])[2H])c1-c1ccc(C(F)(F)F)cc1CN1C(=O)O[C@H](c2cc(C(F)(F)F)cc(C(F)(F)F)c2)[C@@H]1C. The van der Waals surface area contributed by atoms with E-state index in [1.165, 1.54) is 0 Å². The molecule has 0 bridgehead atoms. The quantitative estimate of drug-likeness (QED) is 0.250. The second-order valence-corrected chi connectivity index (χ2v) is 9.65. The third-order valence-electron chi connectivity index (χ3n) is 6.85. The van der Waals surface area contributed by atoms with Gasteiger partial charge in [0.2, 0.25) is 0 Å². The first kappa shape index (κ1) is 21.7. The van der Waals surface area contributed by atoms with Crippen molar-refractivity contribution in [2.45, 2.75) is 63.7 Å². The number of carbonyl (C=O) groups excluding carboxylic acids is 1. The monoisotopic (exact) mass is 647 g/mol. The molecule has 0 aliphatic carbocycles. The van der Waals surface area contributed by atoms with Crippen LogP contribution in [0.1, 0.15) is 79.7 Å². The van der Waals surface area contributed by atoms with E-state index < -0.39 is 126 Å². The highest BCUT2D eigenvalue weighted by molar-refractivity contribution is 5.79. The number of hydrogen-bond acceptors (Lipinski definition) is 3. The summed E-state index contributed by atoms with van der Waals surface area (Å²) >= 11 is 0. The zero-order valence-electron chi connectivity index (χ0n) is 31.9. The first-order chi connectivity index (χ1) is 24.2. The maximum Gasteiger partial charge on any atom is 0.416 e. The molecule has 0 saturated carbocycles. The molecule has 0 N–H and O–H groups in total. The number of rotatable bonds is 6. The van der Waals surface area contributed by atoms with Crippen molar-refractivity contribution in [3.8, 4) is 16.9 Å². The zero-order valence-corrected chi connectivity index (χ0v) is 21.9. The minimum absolute atomic E-state index is 0.196. The lowest BCUT2D eigenvalue weighted by Gasteiger charge is -2.25. The summed E-state index contributed by atoms with van der Waals surface area (Å²) < 4.78 is 228. The van der Waals surface area contributed by atoms with Gasteiger partial charge in [-0.25, -0.2) is 9.18 Å². The highest BCUT2D eigenvalue weighted by Crippen LogP contribution is 2.45. The minimum Gasteiger partial charge on any atom is -0.496 e. The molecule has 3 aromatic carbocycles. The number of amides is 1. The van der Waals surface area contributed by atoms with Gasteiger partial charge >= 0.3 is 24.6 Å². The Balaban J connectivity index is 2.02. The van der Waals surface area contributed by atoms with Crippen molar-refractivity contribution in [3.05, 3.63) is 87.7 Å². The van der Waals surface area contributed by atoms with Gasteiger partial charge in [0.15, 0.2) is 0 Å². The first-order valence-corrected chi connectivity index (χ1v) is 12.2. The molecule has 4 rings (SSSR count). The average molecular weight is 648 g/mol. The van der Waals surface area contributed by atoms with Crippen molar-refractivity contribution in [1.29, 1.82) is 0 Å². The number of carbonyl (C=O) groups is 1. The second kappa shape index (κ2) is 11.5. The lowest BCUT2D eigenvalue weighted by atomic mass is 9.88. The highest BCUT2D eigenvalue weighted by atomic mass is 19.4. The van der Waals surface area contributed by atoms with Gasteiger partial charge in [-0.15, -0.1) is 0 Å². The predicted molar refractivity (Wildman–Crippen MR) is 138 cm³/mol. The van der Waals surface area contributed by atoms with Crippen LogP contribution in [-0.2, 0) is 29.8 Å². The fourth-order valence-corrected chi connectivity index (χ4v) is 4.79. The van der Waals surface area contributed by atoms with Crippen molar-refractivity contribution in [2.75, 3.05) is 7.04 Å². The van der Waals surface area contributed by atoms with E-state index in [1.54, 1.807) is 0 Å². The molecule has 1 saturated heterocycles. The molecule has 0 spiro atoms.